The summed E-state index contributed by atoms with van der Waals surface area (Å²) >= 11 is 5.92. The van der Waals surface area contributed by atoms with Crippen LogP contribution in [0.1, 0.15) is 24.0 Å². The van der Waals surface area contributed by atoms with Gasteiger partial charge in [0, 0.05) is 37.5 Å². The number of carbonyl (C=O) groups is 2. The number of hydrogen-bond donors (Lipinski definition) is 1. The minimum absolute atomic E-state index is 0.0225. The van der Waals surface area contributed by atoms with E-state index in [-0.39, 0.29) is 24.5 Å². The van der Waals surface area contributed by atoms with Crippen molar-refractivity contribution < 1.29 is 14.3 Å². The predicted molar refractivity (Wildman–Crippen MR) is 140 cm³/mol. The van der Waals surface area contributed by atoms with Crippen LogP contribution in [0.25, 0.3) is 0 Å². The standard InChI is InChI=1S/C29H30ClN3O3/c30-24-11-13-25(14-12-24)36-21-27(34)32-17-15-29(16-18-32)31-26(19-22-7-3-1-4-8-22)28(35)33(29)20-23-9-5-2-6-10-23/h1-14,26,31H,15-21H2. The lowest BCUT2D eigenvalue weighted by atomic mass is 9.95. The van der Waals surface area contributed by atoms with Crippen LogP contribution in [-0.2, 0) is 22.6 Å². The molecule has 1 N–H and O–H groups in total. The van der Waals surface area contributed by atoms with E-state index in [0.717, 1.165) is 11.1 Å². The highest BCUT2D eigenvalue weighted by atomic mass is 35.5. The molecule has 0 aliphatic carbocycles. The smallest absolute Gasteiger partial charge is 0.260 e. The molecule has 6 nitrogen and oxygen atoms in total. The van der Waals surface area contributed by atoms with Crippen LogP contribution in [-0.4, -0.2) is 53.0 Å². The van der Waals surface area contributed by atoms with Gasteiger partial charge in [-0.2, -0.15) is 0 Å². The molecule has 0 radical (unpaired) electrons. The minimum Gasteiger partial charge on any atom is -0.484 e. The molecule has 2 saturated heterocycles. The molecule has 3 aromatic rings. The number of halogens is 1. The van der Waals surface area contributed by atoms with Gasteiger partial charge < -0.3 is 14.5 Å². The van der Waals surface area contributed by atoms with Crippen molar-refractivity contribution in [2.24, 2.45) is 0 Å². The molecule has 1 spiro atoms. The zero-order chi connectivity index (χ0) is 25.0. The van der Waals surface area contributed by atoms with Gasteiger partial charge in [-0.05, 0) is 41.8 Å². The van der Waals surface area contributed by atoms with Crippen molar-refractivity contribution in [3.05, 3.63) is 101 Å². The second-order valence-electron chi connectivity index (χ2n) is 9.45. The third-order valence-electron chi connectivity index (χ3n) is 7.11. The minimum atomic E-state index is -0.472. The second-order valence-corrected chi connectivity index (χ2v) is 9.89. The molecule has 0 aromatic heterocycles. The maximum Gasteiger partial charge on any atom is 0.260 e. The number of hydrogen-bond acceptors (Lipinski definition) is 4. The van der Waals surface area contributed by atoms with Crippen LogP contribution in [0, 0.1) is 0 Å². The Morgan fingerprint density at radius 1 is 0.917 bits per heavy atom. The van der Waals surface area contributed by atoms with Crippen LogP contribution in [0.5, 0.6) is 5.75 Å². The van der Waals surface area contributed by atoms with Gasteiger partial charge in [0.25, 0.3) is 5.91 Å². The highest BCUT2D eigenvalue weighted by molar-refractivity contribution is 6.30. The Balaban J connectivity index is 1.27. The summed E-state index contributed by atoms with van der Waals surface area (Å²) < 4.78 is 5.66. The van der Waals surface area contributed by atoms with Gasteiger partial charge in [-0.15, -0.1) is 0 Å². The van der Waals surface area contributed by atoms with Crippen molar-refractivity contribution in [1.29, 1.82) is 0 Å². The fourth-order valence-corrected chi connectivity index (χ4v) is 5.28. The summed E-state index contributed by atoms with van der Waals surface area (Å²) in [6.45, 7) is 1.65. The molecule has 2 aliphatic heterocycles. The van der Waals surface area contributed by atoms with Crippen molar-refractivity contribution in [2.75, 3.05) is 19.7 Å². The average Bonchev–Trinajstić information content (AvgIpc) is 3.15. The van der Waals surface area contributed by atoms with Gasteiger partial charge in [0.15, 0.2) is 6.61 Å². The number of rotatable bonds is 7. The van der Waals surface area contributed by atoms with Gasteiger partial charge >= 0.3 is 0 Å². The first-order chi connectivity index (χ1) is 17.5. The number of amides is 2. The molecule has 2 heterocycles. The molecule has 7 heteroatoms. The van der Waals surface area contributed by atoms with E-state index in [4.69, 9.17) is 16.3 Å². The lowest BCUT2D eigenvalue weighted by Gasteiger charge is -2.44. The summed E-state index contributed by atoms with van der Waals surface area (Å²) in [5.41, 5.74) is 1.76. The van der Waals surface area contributed by atoms with E-state index in [1.807, 2.05) is 46.2 Å². The first-order valence-corrected chi connectivity index (χ1v) is 12.7. The zero-order valence-corrected chi connectivity index (χ0v) is 20.9. The molecule has 2 aliphatic rings. The van der Waals surface area contributed by atoms with Crippen LogP contribution in [0.2, 0.25) is 5.02 Å². The van der Waals surface area contributed by atoms with Gasteiger partial charge in [-0.3, -0.25) is 14.9 Å². The fourth-order valence-electron chi connectivity index (χ4n) is 5.15. The van der Waals surface area contributed by atoms with Crippen molar-refractivity contribution >= 4 is 23.4 Å². The highest BCUT2D eigenvalue weighted by Crippen LogP contribution is 2.35. The summed E-state index contributed by atoms with van der Waals surface area (Å²) in [5, 5.41) is 4.32. The number of likely N-dealkylation sites (tertiary alicyclic amines) is 1. The first kappa shape index (κ1) is 24.3. The average molecular weight is 504 g/mol. The maximum atomic E-state index is 13.6. The van der Waals surface area contributed by atoms with E-state index in [1.54, 1.807) is 24.3 Å². The van der Waals surface area contributed by atoms with Crippen molar-refractivity contribution in [1.82, 2.24) is 15.1 Å². The summed E-state index contributed by atoms with van der Waals surface area (Å²) in [4.78, 5) is 30.3. The molecular formula is C29H30ClN3O3. The quantitative estimate of drug-likeness (QED) is 0.523. The van der Waals surface area contributed by atoms with E-state index in [9.17, 15) is 9.59 Å². The van der Waals surface area contributed by atoms with Crippen LogP contribution in [0.4, 0.5) is 0 Å². The second kappa shape index (κ2) is 10.7. The summed E-state index contributed by atoms with van der Waals surface area (Å²) in [5.74, 6) is 0.676. The van der Waals surface area contributed by atoms with Crippen molar-refractivity contribution in [3.63, 3.8) is 0 Å². The van der Waals surface area contributed by atoms with E-state index >= 15 is 0 Å². The van der Waals surface area contributed by atoms with Gasteiger partial charge in [-0.25, -0.2) is 0 Å². The molecule has 3 aromatic carbocycles. The number of benzene rings is 3. The monoisotopic (exact) mass is 503 g/mol. The lowest BCUT2D eigenvalue weighted by Crippen LogP contribution is -2.59. The highest BCUT2D eigenvalue weighted by Gasteiger charge is 2.51. The molecule has 1 unspecified atom stereocenters. The van der Waals surface area contributed by atoms with E-state index in [2.05, 4.69) is 29.6 Å². The van der Waals surface area contributed by atoms with Gasteiger partial charge in [0.05, 0.1) is 11.7 Å². The number of nitrogens with one attached hydrogen (secondary N) is 1. The number of piperidine rings is 1. The molecular weight excluding hydrogens is 474 g/mol. The van der Waals surface area contributed by atoms with Crippen LogP contribution in [0.3, 0.4) is 0 Å². The summed E-state index contributed by atoms with van der Waals surface area (Å²) in [6.07, 6.45) is 1.98. The maximum absolute atomic E-state index is 13.6. The molecule has 186 valence electrons. The zero-order valence-electron chi connectivity index (χ0n) is 20.1. The Morgan fingerprint density at radius 2 is 1.53 bits per heavy atom. The third kappa shape index (κ3) is 5.40. The molecule has 36 heavy (non-hydrogen) atoms. The molecule has 0 bridgehead atoms. The normalized spacial score (nSPS) is 19.0. The Hall–Kier alpha value is -3.35. The Labute approximate surface area is 216 Å². The third-order valence-corrected chi connectivity index (χ3v) is 7.36. The predicted octanol–water partition coefficient (Wildman–Crippen LogP) is 4.28. The van der Waals surface area contributed by atoms with E-state index in [0.29, 0.717) is 49.7 Å². The lowest BCUT2D eigenvalue weighted by molar-refractivity contribution is -0.139. The number of nitrogens with zero attached hydrogens (tertiary/aromatic N) is 2. The molecule has 1 atom stereocenters. The van der Waals surface area contributed by atoms with Crippen LogP contribution < -0.4 is 10.1 Å². The number of ether oxygens (including phenoxy) is 1. The van der Waals surface area contributed by atoms with Gasteiger partial charge in [-0.1, -0.05) is 72.3 Å². The SMILES string of the molecule is O=C(COc1ccc(Cl)cc1)N1CCC2(CC1)NC(Cc1ccccc1)C(=O)N2Cc1ccccc1. The van der Waals surface area contributed by atoms with Crippen LogP contribution in [0.15, 0.2) is 84.9 Å². The van der Waals surface area contributed by atoms with Crippen LogP contribution >= 0.6 is 11.6 Å². The van der Waals surface area contributed by atoms with Crippen molar-refractivity contribution in [3.8, 4) is 5.75 Å². The Bertz CT molecular complexity index is 1180. The van der Waals surface area contributed by atoms with E-state index in [1.165, 1.54) is 0 Å². The topological polar surface area (TPSA) is 61.9 Å². The van der Waals surface area contributed by atoms with Crippen molar-refractivity contribution in [2.45, 2.75) is 37.5 Å². The van der Waals surface area contributed by atoms with Gasteiger partial charge in [0.2, 0.25) is 5.91 Å². The van der Waals surface area contributed by atoms with E-state index < -0.39 is 5.66 Å². The number of carbonyl (C=O) groups excluding carboxylic acids is 2. The first-order valence-electron chi connectivity index (χ1n) is 12.4. The summed E-state index contributed by atoms with van der Waals surface area (Å²) in [6, 6.07) is 26.9. The van der Waals surface area contributed by atoms with Gasteiger partial charge in [0.1, 0.15) is 5.75 Å². The molecule has 2 amide bonds. The molecule has 0 saturated carbocycles. The molecule has 5 rings (SSSR count). The summed E-state index contributed by atoms with van der Waals surface area (Å²) in [7, 11) is 0. The Kier molecular flexibility index (Phi) is 7.25. The fraction of sp³-hybridized carbons (Fsp3) is 0.310. The molecule has 2 fully saturated rings. The Morgan fingerprint density at radius 3 is 2.17 bits per heavy atom. The largest absolute Gasteiger partial charge is 0.484 e.